The van der Waals surface area contributed by atoms with Crippen LogP contribution in [-0.2, 0) is 0 Å². The van der Waals surface area contributed by atoms with Crippen LogP contribution in [0.25, 0.3) is 21.1 Å². The van der Waals surface area contributed by atoms with Crippen molar-refractivity contribution in [3.8, 4) is 27.2 Å². The lowest BCUT2D eigenvalue weighted by Gasteiger charge is -1.96. The molecule has 0 fully saturated rings. The summed E-state index contributed by atoms with van der Waals surface area (Å²) in [5, 5.41) is 14.0. The highest BCUT2D eigenvalue weighted by Gasteiger charge is 2.07. The first-order valence-corrected chi connectivity index (χ1v) is 7.13. The fraction of sp³-hybridized carbons (Fsp3) is 0. The summed E-state index contributed by atoms with van der Waals surface area (Å²) in [7, 11) is 0. The van der Waals surface area contributed by atoms with Gasteiger partial charge in [0.2, 0.25) is 0 Å². The Bertz CT molecular complexity index is 705. The number of thiophene rings is 1. The van der Waals surface area contributed by atoms with Gasteiger partial charge in [-0.2, -0.15) is 5.26 Å². The maximum absolute atomic E-state index is 8.90. The van der Waals surface area contributed by atoms with Crippen molar-refractivity contribution >= 4 is 22.7 Å². The highest BCUT2D eigenvalue weighted by Crippen LogP contribution is 2.31. The van der Waals surface area contributed by atoms with Gasteiger partial charge >= 0.3 is 0 Å². The van der Waals surface area contributed by atoms with Gasteiger partial charge in [0, 0.05) is 10.9 Å². The smallest absolute Gasteiger partial charge is 0.134 e. The van der Waals surface area contributed by atoms with Gasteiger partial charge in [-0.25, -0.2) is 4.98 Å². The maximum Gasteiger partial charge on any atom is 0.134 e. The zero-order valence-electron chi connectivity index (χ0n) is 9.33. The van der Waals surface area contributed by atoms with Crippen LogP contribution in [0, 0.1) is 11.3 Å². The van der Waals surface area contributed by atoms with E-state index in [-0.39, 0.29) is 0 Å². The fourth-order valence-electron chi connectivity index (χ4n) is 1.67. The van der Waals surface area contributed by atoms with Gasteiger partial charge in [-0.05, 0) is 23.6 Å². The van der Waals surface area contributed by atoms with E-state index in [2.05, 4.69) is 17.1 Å². The summed E-state index contributed by atoms with van der Waals surface area (Å²) in [5.41, 5.74) is 2.59. The van der Waals surface area contributed by atoms with Gasteiger partial charge in [-0.1, -0.05) is 18.2 Å². The van der Waals surface area contributed by atoms with Crippen molar-refractivity contribution < 1.29 is 0 Å². The van der Waals surface area contributed by atoms with Crippen LogP contribution in [0.15, 0.2) is 47.2 Å². The van der Waals surface area contributed by atoms with Crippen LogP contribution >= 0.6 is 22.7 Å². The fourth-order valence-corrected chi connectivity index (χ4v) is 3.31. The molecule has 0 aliphatic rings. The average Bonchev–Trinajstić information content (AvgIpc) is 3.09. The third-order valence-corrected chi connectivity index (χ3v) is 4.40. The summed E-state index contributed by atoms with van der Waals surface area (Å²) < 4.78 is 0. The number of hydrogen-bond acceptors (Lipinski definition) is 4. The van der Waals surface area contributed by atoms with Gasteiger partial charge in [-0.3, -0.25) is 0 Å². The molecule has 86 valence electrons. The van der Waals surface area contributed by atoms with Crippen LogP contribution in [0.4, 0.5) is 0 Å². The minimum Gasteiger partial charge on any atom is -0.235 e. The molecule has 0 saturated heterocycles. The summed E-state index contributed by atoms with van der Waals surface area (Å²) in [4.78, 5) is 5.80. The number of hydrogen-bond donors (Lipinski definition) is 0. The molecular weight excluding hydrogens is 260 g/mol. The molecule has 3 aromatic rings. The van der Waals surface area contributed by atoms with Crippen LogP contribution in [0.1, 0.15) is 5.56 Å². The molecule has 0 amide bonds. The molecule has 0 unspecified atom stereocenters. The predicted molar refractivity (Wildman–Crippen MR) is 75.6 cm³/mol. The molecule has 0 aliphatic heterocycles. The molecule has 1 aromatic carbocycles. The zero-order valence-corrected chi connectivity index (χ0v) is 11.0. The van der Waals surface area contributed by atoms with E-state index in [1.165, 1.54) is 4.88 Å². The van der Waals surface area contributed by atoms with Crippen molar-refractivity contribution in [1.29, 1.82) is 5.26 Å². The van der Waals surface area contributed by atoms with Crippen molar-refractivity contribution in [2.24, 2.45) is 0 Å². The van der Waals surface area contributed by atoms with Gasteiger partial charge in [-0.15, -0.1) is 22.7 Å². The summed E-state index contributed by atoms with van der Waals surface area (Å²) in [6, 6.07) is 13.8. The number of nitriles is 1. The molecule has 2 heterocycles. The molecule has 0 aliphatic carbocycles. The topological polar surface area (TPSA) is 36.7 Å². The Morgan fingerprint density at radius 3 is 2.83 bits per heavy atom. The minimum atomic E-state index is 0.665. The minimum absolute atomic E-state index is 0.665. The third kappa shape index (κ3) is 2.06. The van der Waals surface area contributed by atoms with Crippen LogP contribution in [0.3, 0.4) is 0 Å². The summed E-state index contributed by atoms with van der Waals surface area (Å²) in [6.07, 6.45) is 0. The van der Waals surface area contributed by atoms with Crippen molar-refractivity contribution in [3.05, 3.63) is 52.7 Å². The molecule has 0 bridgehead atoms. The van der Waals surface area contributed by atoms with Crippen LogP contribution in [0.5, 0.6) is 0 Å². The molecule has 0 radical (unpaired) electrons. The summed E-state index contributed by atoms with van der Waals surface area (Å²) >= 11 is 3.32. The third-order valence-electron chi connectivity index (χ3n) is 2.52. The van der Waals surface area contributed by atoms with Crippen LogP contribution in [-0.4, -0.2) is 4.98 Å². The van der Waals surface area contributed by atoms with Crippen LogP contribution in [0.2, 0.25) is 0 Å². The average molecular weight is 268 g/mol. The lowest BCUT2D eigenvalue weighted by atomic mass is 10.1. The van der Waals surface area contributed by atoms with Crippen LogP contribution < -0.4 is 0 Å². The molecule has 4 heteroatoms. The second kappa shape index (κ2) is 4.73. The highest BCUT2D eigenvalue weighted by molar-refractivity contribution is 7.20. The first-order valence-electron chi connectivity index (χ1n) is 5.37. The van der Waals surface area contributed by atoms with Gasteiger partial charge in [0.1, 0.15) is 5.01 Å². The Balaban J connectivity index is 2.01. The lowest BCUT2D eigenvalue weighted by Crippen LogP contribution is -1.80. The first-order chi connectivity index (χ1) is 8.86. The second-order valence-corrected chi connectivity index (χ2v) is 5.51. The number of benzene rings is 1. The van der Waals surface area contributed by atoms with E-state index < -0.39 is 0 Å². The highest BCUT2D eigenvalue weighted by atomic mass is 32.1. The molecule has 0 N–H and O–H groups in total. The Hall–Kier alpha value is -1.96. The van der Waals surface area contributed by atoms with E-state index in [9.17, 15) is 0 Å². The molecular formula is C14H8N2S2. The molecule has 2 nitrogen and oxygen atoms in total. The molecule has 3 rings (SSSR count). The second-order valence-electron chi connectivity index (χ2n) is 3.71. The summed E-state index contributed by atoms with van der Waals surface area (Å²) in [5.74, 6) is 0. The number of thiazole rings is 1. The Kier molecular flexibility index (Phi) is 2.93. The van der Waals surface area contributed by atoms with Crippen molar-refractivity contribution in [2.75, 3.05) is 0 Å². The number of nitrogens with zero attached hydrogens (tertiary/aromatic N) is 2. The quantitative estimate of drug-likeness (QED) is 0.690. The zero-order chi connectivity index (χ0) is 12.4. The standard InChI is InChI=1S/C14H8N2S2/c15-8-10-3-1-4-11(7-10)12-9-18-14(16-12)13-5-2-6-17-13/h1-7,9H. The molecule has 0 spiro atoms. The molecule has 0 atom stereocenters. The molecule has 0 saturated carbocycles. The predicted octanol–water partition coefficient (Wildman–Crippen LogP) is 4.41. The Morgan fingerprint density at radius 2 is 2.06 bits per heavy atom. The van der Waals surface area contributed by atoms with Gasteiger partial charge in [0.15, 0.2) is 0 Å². The Morgan fingerprint density at radius 1 is 1.11 bits per heavy atom. The van der Waals surface area contributed by atoms with E-state index in [1.807, 2.05) is 35.0 Å². The monoisotopic (exact) mass is 268 g/mol. The SMILES string of the molecule is N#Cc1cccc(-c2csc(-c3cccs3)n2)c1. The largest absolute Gasteiger partial charge is 0.235 e. The Labute approximate surface area is 113 Å². The summed E-state index contributed by atoms with van der Waals surface area (Å²) in [6.45, 7) is 0. The van der Waals surface area contributed by atoms with Crippen molar-refractivity contribution in [3.63, 3.8) is 0 Å². The van der Waals surface area contributed by atoms with Gasteiger partial charge in [0.05, 0.1) is 22.2 Å². The first kappa shape index (κ1) is 11.1. The van der Waals surface area contributed by atoms with E-state index >= 15 is 0 Å². The normalized spacial score (nSPS) is 10.2. The van der Waals surface area contributed by atoms with Gasteiger partial charge < -0.3 is 0 Å². The maximum atomic E-state index is 8.90. The number of aromatic nitrogens is 1. The lowest BCUT2D eigenvalue weighted by molar-refractivity contribution is 1.41. The molecule has 2 aromatic heterocycles. The van der Waals surface area contributed by atoms with Crippen molar-refractivity contribution in [2.45, 2.75) is 0 Å². The molecule has 18 heavy (non-hydrogen) atoms. The number of rotatable bonds is 2. The van der Waals surface area contributed by atoms with Crippen molar-refractivity contribution in [1.82, 2.24) is 4.98 Å². The van der Waals surface area contributed by atoms with E-state index in [4.69, 9.17) is 5.26 Å². The van der Waals surface area contributed by atoms with E-state index in [0.717, 1.165) is 16.3 Å². The van der Waals surface area contributed by atoms with E-state index in [0.29, 0.717) is 5.56 Å². The van der Waals surface area contributed by atoms with Gasteiger partial charge in [0.25, 0.3) is 0 Å². The van der Waals surface area contributed by atoms with E-state index in [1.54, 1.807) is 28.7 Å².